The van der Waals surface area contributed by atoms with Gasteiger partial charge in [-0.3, -0.25) is 4.79 Å². The van der Waals surface area contributed by atoms with Gasteiger partial charge in [-0.05, 0) is 43.5 Å². The molecule has 1 atom stereocenters. The summed E-state index contributed by atoms with van der Waals surface area (Å²) in [7, 11) is 0. The summed E-state index contributed by atoms with van der Waals surface area (Å²) in [6.07, 6.45) is 2.91. The van der Waals surface area contributed by atoms with Crippen LogP contribution >= 0.6 is 0 Å². The highest BCUT2D eigenvalue weighted by Gasteiger charge is 2.22. The van der Waals surface area contributed by atoms with Crippen molar-refractivity contribution in [1.29, 1.82) is 0 Å². The predicted octanol–water partition coefficient (Wildman–Crippen LogP) is 2.72. The first-order valence-corrected chi connectivity index (χ1v) is 8.00. The van der Waals surface area contributed by atoms with Gasteiger partial charge in [-0.15, -0.1) is 0 Å². The third-order valence-electron chi connectivity index (χ3n) is 3.23. The summed E-state index contributed by atoms with van der Waals surface area (Å²) < 4.78 is 11.0. The van der Waals surface area contributed by atoms with Gasteiger partial charge in [-0.1, -0.05) is 19.9 Å². The molecule has 1 aromatic carbocycles. The zero-order chi connectivity index (χ0) is 18.1. The van der Waals surface area contributed by atoms with Crippen molar-refractivity contribution < 1.29 is 24.2 Å². The summed E-state index contributed by atoms with van der Waals surface area (Å²) in [5.41, 5.74) is 0.758. The van der Waals surface area contributed by atoms with E-state index in [1.807, 2.05) is 13.8 Å². The average Bonchev–Trinajstić information content (AvgIpc) is 2.52. The molecular formula is C18H25NO5. The van der Waals surface area contributed by atoms with Crippen molar-refractivity contribution in [1.82, 2.24) is 5.32 Å². The standard InChI is InChI=1S/C18H25NO5/c1-5-23-14-9-7-13(11-15(14)24-6-2)8-10-16(20)19-17(12(3)4)18(21)22/h7-12,17H,5-6H2,1-4H3,(H,19,20)(H,21,22)/b10-8+. The molecule has 6 heteroatoms. The highest BCUT2D eigenvalue weighted by molar-refractivity contribution is 5.94. The molecule has 24 heavy (non-hydrogen) atoms. The van der Waals surface area contributed by atoms with E-state index < -0.39 is 17.9 Å². The Morgan fingerprint density at radius 3 is 2.33 bits per heavy atom. The number of carboxylic acids is 1. The van der Waals surface area contributed by atoms with Crippen molar-refractivity contribution in [2.75, 3.05) is 13.2 Å². The van der Waals surface area contributed by atoms with Gasteiger partial charge in [0, 0.05) is 6.08 Å². The topological polar surface area (TPSA) is 84.9 Å². The maximum atomic E-state index is 11.9. The summed E-state index contributed by atoms with van der Waals surface area (Å²) in [5.74, 6) is -0.455. The van der Waals surface area contributed by atoms with Crippen molar-refractivity contribution in [3.8, 4) is 11.5 Å². The molecule has 0 fully saturated rings. The minimum atomic E-state index is -1.05. The predicted molar refractivity (Wildman–Crippen MR) is 92.2 cm³/mol. The van der Waals surface area contributed by atoms with Gasteiger partial charge in [0.1, 0.15) is 6.04 Å². The van der Waals surface area contributed by atoms with Gasteiger partial charge in [-0.25, -0.2) is 4.79 Å². The summed E-state index contributed by atoms with van der Waals surface area (Å²) >= 11 is 0. The van der Waals surface area contributed by atoms with E-state index in [4.69, 9.17) is 14.6 Å². The van der Waals surface area contributed by atoms with Crippen LogP contribution in [-0.2, 0) is 9.59 Å². The van der Waals surface area contributed by atoms with Gasteiger partial charge >= 0.3 is 5.97 Å². The van der Waals surface area contributed by atoms with Crippen LogP contribution < -0.4 is 14.8 Å². The maximum absolute atomic E-state index is 11.9. The summed E-state index contributed by atoms with van der Waals surface area (Å²) in [5, 5.41) is 11.6. The Bertz CT molecular complexity index is 595. The smallest absolute Gasteiger partial charge is 0.326 e. The van der Waals surface area contributed by atoms with E-state index in [1.165, 1.54) is 6.08 Å². The molecule has 2 N–H and O–H groups in total. The van der Waals surface area contributed by atoms with Gasteiger partial charge in [-0.2, -0.15) is 0 Å². The highest BCUT2D eigenvalue weighted by Crippen LogP contribution is 2.28. The molecule has 0 radical (unpaired) electrons. The van der Waals surface area contributed by atoms with Crippen LogP contribution in [0.25, 0.3) is 6.08 Å². The number of benzene rings is 1. The molecule has 132 valence electrons. The van der Waals surface area contributed by atoms with Gasteiger partial charge in [0.15, 0.2) is 11.5 Å². The summed E-state index contributed by atoms with van der Waals surface area (Å²) in [6.45, 7) is 8.28. The van der Waals surface area contributed by atoms with Gasteiger partial charge in [0.25, 0.3) is 0 Å². The number of carboxylic acid groups (broad SMARTS) is 1. The fourth-order valence-corrected chi connectivity index (χ4v) is 2.06. The molecule has 0 heterocycles. The molecule has 6 nitrogen and oxygen atoms in total. The lowest BCUT2D eigenvalue weighted by atomic mass is 10.0. The van der Waals surface area contributed by atoms with Crippen LogP contribution in [0.3, 0.4) is 0 Å². The monoisotopic (exact) mass is 335 g/mol. The first kappa shape index (κ1) is 19.5. The fraction of sp³-hybridized carbons (Fsp3) is 0.444. The second-order valence-electron chi connectivity index (χ2n) is 5.47. The molecule has 0 aromatic heterocycles. The van der Waals surface area contributed by atoms with Crippen LogP contribution in [0.2, 0.25) is 0 Å². The molecular weight excluding hydrogens is 310 g/mol. The Morgan fingerprint density at radius 2 is 1.79 bits per heavy atom. The Morgan fingerprint density at radius 1 is 1.17 bits per heavy atom. The quantitative estimate of drug-likeness (QED) is 0.678. The minimum Gasteiger partial charge on any atom is -0.490 e. The SMILES string of the molecule is CCOc1ccc(/C=C/C(=O)NC(C(=O)O)C(C)C)cc1OCC. The third kappa shape index (κ3) is 5.95. The average molecular weight is 335 g/mol. The first-order chi connectivity index (χ1) is 11.4. The van der Waals surface area contributed by atoms with Gasteiger partial charge < -0.3 is 19.9 Å². The van der Waals surface area contributed by atoms with Gasteiger partial charge in [0.05, 0.1) is 13.2 Å². The molecule has 1 rings (SSSR count). The van der Waals surface area contributed by atoms with E-state index in [1.54, 1.807) is 38.1 Å². The molecule has 1 aromatic rings. The lowest BCUT2D eigenvalue weighted by molar-refractivity contribution is -0.142. The molecule has 1 unspecified atom stereocenters. The third-order valence-corrected chi connectivity index (χ3v) is 3.23. The molecule has 1 amide bonds. The van der Waals surface area contributed by atoms with E-state index in [-0.39, 0.29) is 5.92 Å². The van der Waals surface area contributed by atoms with Crippen molar-refractivity contribution in [3.05, 3.63) is 29.8 Å². The lowest BCUT2D eigenvalue weighted by Gasteiger charge is -2.16. The van der Waals surface area contributed by atoms with Gasteiger partial charge in [0.2, 0.25) is 5.91 Å². The number of amides is 1. The molecule has 0 aliphatic heterocycles. The normalized spacial score (nSPS) is 12.2. The number of carbonyl (C=O) groups excluding carboxylic acids is 1. The van der Waals surface area contributed by atoms with Crippen LogP contribution in [0.1, 0.15) is 33.3 Å². The van der Waals surface area contributed by atoms with Crippen LogP contribution in [0, 0.1) is 5.92 Å². The maximum Gasteiger partial charge on any atom is 0.326 e. The van der Waals surface area contributed by atoms with E-state index in [9.17, 15) is 9.59 Å². The first-order valence-electron chi connectivity index (χ1n) is 8.00. The molecule has 0 bridgehead atoms. The zero-order valence-electron chi connectivity index (χ0n) is 14.5. The van der Waals surface area contributed by atoms with Crippen LogP contribution in [-0.4, -0.2) is 36.2 Å². The number of hydrogen-bond donors (Lipinski definition) is 2. The second kappa shape index (κ2) is 9.60. The number of ether oxygens (including phenoxy) is 2. The molecule has 0 saturated heterocycles. The minimum absolute atomic E-state index is 0.199. The van der Waals surface area contributed by atoms with Crippen LogP contribution in [0.4, 0.5) is 0 Å². The Balaban J connectivity index is 2.83. The summed E-state index contributed by atoms with van der Waals surface area (Å²) in [4.78, 5) is 23.0. The van der Waals surface area contributed by atoms with E-state index in [2.05, 4.69) is 5.32 Å². The highest BCUT2D eigenvalue weighted by atomic mass is 16.5. The Hall–Kier alpha value is -2.50. The van der Waals surface area contributed by atoms with E-state index in [0.29, 0.717) is 24.7 Å². The molecule has 0 aliphatic rings. The number of carbonyl (C=O) groups is 2. The molecule has 0 saturated carbocycles. The molecule has 0 spiro atoms. The number of rotatable bonds is 9. The molecule has 0 aliphatic carbocycles. The lowest BCUT2D eigenvalue weighted by Crippen LogP contribution is -2.43. The van der Waals surface area contributed by atoms with Crippen molar-refractivity contribution in [2.45, 2.75) is 33.7 Å². The van der Waals surface area contributed by atoms with Crippen LogP contribution in [0.15, 0.2) is 24.3 Å². The van der Waals surface area contributed by atoms with Crippen molar-refractivity contribution in [2.24, 2.45) is 5.92 Å². The zero-order valence-corrected chi connectivity index (χ0v) is 14.5. The van der Waals surface area contributed by atoms with E-state index >= 15 is 0 Å². The van der Waals surface area contributed by atoms with E-state index in [0.717, 1.165) is 5.56 Å². The summed E-state index contributed by atoms with van der Waals surface area (Å²) in [6, 6.07) is 4.44. The van der Waals surface area contributed by atoms with Crippen molar-refractivity contribution in [3.63, 3.8) is 0 Å². The Kier molecular flexibility index (Phi) is 7.82. The van der Waals surface area contributed by atoms with Crippen molar-refractivity contribution >= 4 is 18.0 Å². The fourth-order valence-electron chi connectivity index (χ4n) is 2.06. The number of aliphatic carboxylic acids is 1. The largest absolute Gasteiger partial charge is 0.490 e. The number of nitrogens with one attached hydrogen (secondary N) is 1. The number of hydrogen-bond acceptors (Lipinski definition) is 4. The second-order valence-corrected chi connectivity index (χ2v) is 5.47. The Labute approximate surface area is 142 Å². The van der Waals surface area contributed by atoms with Crippen LogP contribution in [0.5, 0.6) is 11.5 Å².